The lowest BCUT2D eigenvalue weighted by molar-refractivity contribution is -0.142. The zero-order valence-electron chi connectivity index (χ0n) is 17.9. The Balaban J connectivity index is 2.17. The highest BCUT2D eigenvalue weighted by Gasteiger charge is 2.28. The second kappa shape index (κ2) is 11.2. The first-order valence-corrected chi connectivity index (χ1v) is 10.3. The summed E-state index contributed by atoms with van der Waals surface area (Å²) in [6, 6.07) is 15.2. The summed E-state index contributed by atoms with van der Waals surface area (Å²) >= 11 is 0. The summed E-state index contributed by atoms with van der Waals surface area (Å²) in [6.45, 7) is 8.69. The van der Waals surface area contributed by atoms with E-state index in [9.17, 15) is 9.59 Å². The van der Waals surface area contributed by atoms with Crippen LogP contribution in [0.25, 0.3) is 0 Å². The fourth-order valence-electron chi connectivity index (χ4n) is 3.27. The molecule has 2 aromatic rings. The molecule has 5 heteroatoms. The summed E-state index contributed by atoms with van der Waals surface area (Å²) in [6.07, 6.45) is 1.49. The lowest BCUT2D eigenvalue weighted by Gasteiger charge is -2.30. The van der Waals surface area contributed by atoms with Gasteiger partial charge in [-0.1, -0.05) is 55.8 Å². The van der Waals surface area contributed by atoms with E-state index in [-0.39, 0.29) is 18.4 Å². The summed E-state index contributed by atoms with van der Waals surface area (Å²) in [4.78, 5) is 27.3. The average Bonchev–Trinajstić information content (AvgIpc) is 2.72. The van der Waals surface area contributed by atoms with Gasteiger partial charge < -0.3 is 15.0 Å². The Morgan fingerprint density at radius 1 is 1.03 bits per heavy atom. The molecule has 0 fully saturated rings. The van der Waals surface area contributed by atoms with Crippen LogP contribution in [0.2, 0.25) is 0 Å². The van der Waals surface area contributed by atoms with Gasteiger partial charge in [-0.15, -0.1) is 0 Å². The Bertz CT molecular complexity index is 802. The first-order valence-electron chi connectivity index (χ1n) is 10.3. The van der Waals surface area contributed by atoms with Crippen molar-refractivity contribution in [2.24, 2.45) is 0 Å². The number of nitrogens with one attached hydrogen (secondary N) is 1. The van der Waals surface area contributed by atoms with Gasteiger partial charge >= 0.3 is 0 Å². The first-order chi connectivity index (χ1) is 14.0. The normalized spacial score (nSPS) is 11.6. The third kappa shape index (κ3) is 6.63. The number of likely N-dealkylation sites (N-methyl/N-ethyl adjacent to an activating group) is 1. The molecule has 0 saturated heterocycles. The van der Waals surface area contributed by atoms with Gasteiger partial charge in [0, 0.05) is 13.1 Å². The van der Waals surface area contributed by atoms with E-state index in [1.807, 2.05) is 69.3 Å². The van der Waals surface area contributed by atoms with Crippen molar-refractivity contribution in [3.05, 3.63) is 65.2 Å². The molecule has 0 aliphatic heterocycles. The zero-order chi connectivity index (χ0) is 21.2. The van der Waals surface area contributed by atoms with Gasteiger partial charge in [0.15, 0.2) is 6.61 Å². The van der Waals surface area contributed by atoms with E-state index in [2.05, 4.69) is 12.2 Å². The quantitative estimate of drug-likeness (QED) is 0.663. The first kappa shape index (κ1) is 22.5. The van der Waals surface area contributed by atoms with Gasteiger partial charge in [-0.2, -0.15) is 0 Å². The molecule has 29 heavy (non-hydrogen) atoms. The van der Waals surface area contributed by atoms with Gasteiger partial charge in [0.2, 0.25) is 5.91 Å². The van der Waals surface area contributed by atoms with Crippen LogP contribution in [0.15, 0.2) is 48.5 Å². The van der Waals surface area contributed by atoms with Gasteiger partial charge in [0.05, 0.1) is 0 Å². The Hall–Kier alpha value is -2.82. The number of carbonyl (C=O) groups is 2. The van der Waals surface area contributed by atoms with Crippen LogP contribution in [-0.2, 0) is 22.6 Å². The van der Waals surface area contributed by atoms with Crippen molar-refractivity contribution in [3.8, 4) is 5.75 Å². The lowest BCUT2D eigenvalue weighted by Crippen LogP contribution is -2.50. The smallest absolute Gasteiger partial charge is 0.261 e. The molecule has 2 aromatic carbocycles. The van der Waals surface area contributed by atoms with E-state index >= 15 is 0 Å². The molecule has 0 aliphatic carbocycles. The van der Waals surface area contributed by atoms with E-state index in [4.69, 9.17) is 4.74 Å². The van der Waals surface area contributed by atoms with E-state index < -0.39 is 6.04 Å². The third-order valence-electron chi connectivity index (χ3n) is 4.87. The summed E-state index contributed by atoms with van der Waals surface area (Å²) < 4.78 is 5.72. The second-order valence-corrected chi connectivity index (χ2v) is 7.12. The molecule has 0 unspecified atom stereocenters. The van der Waals surface area contributed by atoms with Crippen molar-refractivity contribution in [1.29, 1.82) is 0 Å². The highest BCUT2D eigenvalue weighted by Crippen LogP contribution is 2.16. The van der Waals surface area contributed by atoms with E-state index in [1.165, 1.54) is 5.56 Å². The Morgan fingerprint density at radius 2 is 1.76 bits per heavy atom. The number of hydrogen-bond donors (Lipinski definition) is 1. The maximum Gasteiger partial charge on any atom is 0.261 e. The SMILES string of the molecule is CCNC(=O)[C@@H](CC)N(Cc1cccc(C)c1)C(=O)COc1ccc(CC)cc1. The Kier molecular flexibility index (Phi) is 8.71. The highest BCUT2D eigenvalue weighted by molar-refractivity contribution is 5.88. The lowest BCUT2D eigenvalue weighted by atomic mass is 10.1. The molecule has 0 saturated carbocycles. The zero-order valence-corrected chi connectivity index (χ0v) is 17.9. The molecule has 5 nitrogen and oxygen atoms in total. The Morgan fingerprint density at radius 3 is 2.34 bits per heavy atom. The van der Waals surface area contributed by atoms with Crippen molar-refractivity contribution >= 4 is 11.8 Å². The fraction of sp³-hybridized carbons (Fsp3) is 0.417. The minimum Gasteiger partial charge on any atom is -0.484 e. The highest BCUT2D eigenvalue weighted by atomic mass is 16.5. The molecular formula is C24H32N2O3. The average molecular weight is 397 g/mol. The molecule has 0 spiro atoms. The van der Waals surface area contributed by atoms with Crippen LogP contribution in [0.3, 0.4) is 0 Å². The summed E-state index contributed by atoms with van der Waals surface area (Å²) in [5.41, 5.74) is 3.33. The van der Waals surface area contributed by atoms with Crippen LogP contribution in [0.1, 0.15) is 43.9 Å². The van der Waals surface area contributed by atoms with Crippen molar-refractivity contribution in [2.45, 2.75) is 53.1 Å². The minimum absolute atomic E-state index is 0.104. The maximum atomic E-state index is 13.1. The largest absolute Gasteiger partial charge is 0.484 e. The van der Waals surface area contributed by atoms with Crippen LogP contribution in [0.5, 0.6) is 5.75 Å². The van der Waals surface area contributed by atoms with Crippen LogP contribution >= 0.6 is 0 Å². The minimum atomic E-state index is -0.533. The van der Waals surface area contributed by atoms with E-state index in [1.54, 1.807) is 4.90 Å². The predicted octanol–water partition coefficient (Wildman–Crippen LogP) is 3.88. The number of benzene rings is 2. The van der Waals surface area contributed by atoms with Crippen molar-refractivity contribution in [2.75, 3.05) is 13.2 Å². The second-order valence-electron chi connectivity index (χ2n) is 7.12. The van der Waals surface area contributed by atoms with Gasteiger partial charge in [-0.05, 0) is 49.9 Å². The summed E-state index contributed by atoms with van der Waals surface area (Å²) in [5, 5.41) is 2.84. The number of hydrogen-bond acceptors (Lipinski definition) is 3. The molecule has 1 atom stereocenters. The van der Waals surface area contributed by atoms with E-state index in [0.717, 1.165) is 17.5 Å². The van der Waals surface area contributed by atoms with Gasteiger partial charge in [-0.25, -0.2) is 0 Å². The topological polar surface area (TPSA) is 58.6 Å². The number of ether oxygens (including phenoxy) is 1. The van der Waals surface area contributed by atoms with Crippen molar-refractivity contribution in [1.82, 2.24) is 10.2 Å². The number of carbonyl (C=O) groups excluding carboxylic acids is 2. The molecule has 2 rings (SSSR count). The third-order valence-corrected chi connectivity index (χ3v) is 4.87. The van der Waals surface area contributed by atoms with Crippen LogP contribution in [-0.4, -0.2) is 35.9 Å². The number of nitrogens with zero attached hydrogens (tertiary/aromatic N) is 1. The van der Waals surface area contributed by atoms with Gasteiger partial charge in [0.25, 0.3) is 5.91 Å². The summed E-state index contributed by atoms with van der Waals surface area (Å²) in [7, 11) is 0. The molecule has 156 valence electrons. The molecule has 1 N–H and O–H groups in total. The predicted molar refractivity (Wildman–Crippen MR) is 116 cm³/mol. The number of aryl methyl sites for hydroxylation is 2. The molecule has 0 radical (unpaired) electrons. The molecule has 2 amide bonds. The monoisotopic (exact) mass is 396 g/mol. The molecule has 0 heterocycles. The summed E-state index contributed by atoms with van der Waals surface area (Å²) in [5.74, 6) is 0.310. The molecule has 0 aliphatic rings. The van der Waals surface area contributed by atoms with Crippen molar-refractivity contribution < 1.29 is 14.3 Å². The van der Waals surface area contributed by atoms with Crippen LogP contribution < -0.4 is 10.1 Å². The van der Waals surface area contributed by atoms with E-state index in [0.29, 0.717) is 25.3 Å². The van der Waals surface area contributed by atoms with Crippen LogP contribution in [0.4, 0.5) is 0 Å². The Labute approximate surface area is 174 Å². The fourth-order valence-corrected chi connectivity index (χ4v) is 3.27. The number of amides is 2. The standard InChI is InChI=1S/C24H32N2O3/c1-5-19-11-13-21(14-12-19)29-17-23(27)26(22(6-2)24(28)25-7-3)16-20-10-8-9-18(4)15-20/h8-15,22H,5-7,16-17H2,1-4H3,(H,25,28)/t22-/m1/s1. The van der Waals surface area contributed by atoms with Gasteiger partial charge in [-0.3, -0.25) is 9.59 Å². The molecular weight excluding hydrogens is 364 g/mol. The number of rotatable bonds is 10. The maximum absolute atomic E-state index is 13.1. The molecule has 0 bridgehead atoms. The van der Waals surface area contributed by atoms with Crippen LogP contribution in [0, 0.1) is 6.92 Å². The van der Waals surface area contributed by atoms with Crippen molar-refractivity contribution in [3.63, 3.8) is 0 Å². The van der Waals surface area contributed by atoms with Gasteiger partial charge in [0.1, 0.15) is 11.8 Å². The molecule has 0 aromatic heterocycles.